The number of ether oxygens (including phenoxy) is 1. The number of thiocarbonyl (C=S) groups is 1. The van der Waals surface area contributed by atoms with Crippen molar-refractivity contribution in [2.24, 2.45) is 10.2 Å². The summed E-state index contributed by atoms with van der Waals surface area (Å²) in [5.41, 5.74) is 2.14. The van der Waals surface area contributed by atoms with E-state index in [2.05, 4.69) is 15.5 Å². The third-order valence-electron chi connectivity index (χ3n) is 4.77. The van der Waals surface area contributed by atoms with Crippen LogP contribution in [-0.4, -0.2) is 21.9 Å². The molecule has 0 saturated heterocycles. The number of para-hydroxylation sites is 1. The number of nitrogens with zero attached hydrogens (tertiary/aromatic N) is 3. The van der Waals surface area contributed by atoms with Gasteiger partial charge in [0.25, 0.3) is 0 Å². The van der Waals surface area contributed by atoms with E-state index in [0.29, 0.717) is 27.9 Å². The molecule has 0 unspecified atom stereocenters. The Kier molecular flexibility index (Phi) is 5.90. The van der Waals surface area contributed by atoms with E-state index in [1.165, 1.54) is 6.07 Å². The van der Waals surface area contributed by atoms with Crippen molar-refractivity contribution in [2.75, 3.05) is 12.4 Å². The van der Waals surface area contributed by atoms with Crippen LogP contribution in [-0.2, 0) is 6.54 Å². The predicted octanol–water partition coefficient (Wildman–Crippen LogP) is 6.02. The van der Waals surface area contributed by atoms with Crippen LogP contribution in [0.3, 0.4) is 0 Å². The minimum absolute atomic E-state index is 0.114. The predicted molar refractivity (Wildman–Crippen MR) is 123 cm³/mol. The summed E-state index contributed by atoms with van der Waals surface area (Å²) in [5, 5.41) is 22.8. The second kappa shape index (κ2) is 8.93. The first-order chi connectivity index (χ1) is 15.1. The summed E-state index contributed by atoms with van der Waals surface area (Å²) in [6.45, 7) is 0.154. The molecule has 0 bridgehead atoms. The molecule has 1 heterocycles. The minimum atomic E-state index is -0.341. The number of methoxy groups -OCH3 is 1. The van der Waals surface area contributed by atoms with E-state index in [1.54, 1.807) is 35.9 Å². The van der Waals surface area contributed by atoms with Crippen molar-refractivity contribution in [1.82, 2.24) is 4.57 Å². The standard InChI is InChI=1S/C23H19FN4O2S/c1-30-17-9-6-8-16(13-17)25-23(31)27-26-21-18-10-3-5-12-20(18)28(22(21)29)14-15-7-2-4-11-19(15)24/h2-13,29H,14H2,1H3,(H,25,31). The van der Waals surface area contributed by atoms with Crippen molar-refractivity contribution in [3.63, 3.8) is 0 Å². The molecular weight excluding hydrogens is 415 g/mol. The second-order valence-electron chi connectivity index (χ2n) is 6.73. The van der Waals surface area contributed by atoms with Gasteiger partial charge in [0.05, 0.1) is 19.2 Å². The quantitative estimate of drug-likeness (QED) is 0.297. The SMILES string of the molecule is COc1cccc(NC(=S)N=Nc2c(O)n(Cc3ccccc3F)c3ccccc23)c1. The summed E-state index contributed by atoms with van der Waals surface area (Å²) < 4.78 is 20.9. The number of fused-ring (bicyclic) bond motifs is 1. The number of aromatic hydroxyl groups is 1. The molecule has 0 fully saturated rings. The molecule has 3 aromatic carbocycles. The molecule has 0 atom stereocenters. The van der Waals surface area contributed by atoms with Crippen molar-refractivity contribution >= 4 is 39.6 Å². The summed E-state index contributed by atoms with van der Waals surface area (Å²) in [6.07, 6.45) is 0. The molecule has 0 aliphatic rings. The van der Waals surface area contributed by atoms with Crippen molar-refractivity contribution in [3.8, 4) is 11.6 Å². The molecule has 4 aromatic rings. The average molecular weight is 434 g/mol. The zero-order valence-electron chi connectivity index (χ0n) is 16.6. The van der Waals surface area contributed by atoms with E-state index >= 15 is 0 Å². The van der Waals surface area contributed by atoms with Gasteiger partial charge in [-0.1, -0.05) is 42.5 Å². The summed E-state index contributed by atoms with van der Waals surface area (Å²) in [5.74, 6) is 0.225. The summed E-state index contributed by atoms with van der Waals surface area (Å²) in [7, 11) is 1.58. The van der Waals surface area contributed by atoms with Crippen LogP contribution in [0.15, 0.2) is 83.0 Å². The first-order valence-corrected chi connectivity index (χ1v) is 9.88. The molecule has 1 aromatic heterocycles. The summed E-state index contributed by atoms with van der Waals surface area (Å²) in [6, 6.07) is 21.0. The fourth-order valence-corrected chi connectivity index (χ4v) is 3.43. The van der Waals surface area contributed by atoms with Gasteiger partial charge in [0.2, 0.25) is 11.0 Å². The zero-order valence-corrected chi connectivity index (χ0v) is 17.4. The van der Waals surface area contributed by atoms with Crippen LogP contribution in [0.2, 0.25) is 0 Å². The van der Waals surface area contributed by atoms with Crippen LogP contribution < -0.4 is 10.1 Å². The lowest BCUT2D eigenvalue weighted by Gasteiger charge is -2.08. The van der Waals surface area contributed by atoms with Crippen LogP contribution in [0.25, 0.3) is 10.9 Å². The number of anilines is 1. The van der Waals surface area contributed by atoms with E-state index in [0.717, 1.165) is 0 Å². The molecular formula is C23H19FN4O2S. The molecule has 0 aliphatic carbocycles. The van der Waals surface area contributed by atoms with Gasteiger partial charge in [-0.2, -0.15) is 0 Å². The van der Waals surface area contributed by atoms with Gasteiger partial charge in [-0.15, -0.1) is 10.2 Å². The lowest BCUT2D eigenvalue weighted by atomic mass is 10.2. The number of hydrogen-bond acceptors (Lipinski definition) is 4. The third-order valence-corrected chi connectivity index (χ3v) is 4.95. The average Bonchev–Trinajstić information content (AvgIpc) is 3.05. The van der Waals surface area contributed by atoms with Crippen LogP contribution in [0.4, 0.5) is 15.8 Å². The molecule has 0 spiro atoms. The molecule has 2 N–H and O–H groups in total. The molecule has 0 amide bonds. The summed E-state index contributed by atoms with van der Waals surface area (Å²) in [4.78, 5) is 0. The zero-order chi connectivity index (χ0) is 21.8. The fraction of sp³-hybridized carbons (Fsp3) is 0.0870. The van der Waals surface area contributed by atoms with E-state index in [1.807, 2.05) is 42.5 Å². The van der Waals surface area contributed by atoms with Crippen LogP contribution >= 0.6 is 12.2 Å². The smallest absolute Gasteiger partial charge is 0.221 e. The van der Waals surface area contributed by atoms with Gasteiger partial charge in [0.1, 0.15) is 11.6 Å². The van der Waals surface area contributed by atoms with Gasteiger partial charge in [-0.3, -0.25) is 0 Å². The van der Waals surface area contributed by atoms with E-state index in [9.17, 15) is 9.50 Å². The second-order valence-corrected chi connectivity index (χ2v) is 7.12. The molecule has 31 heavy (non-hydrogen) atoms. The maximum absolute atomic E-state index is 14.2. The largest absolute Gasteiger partial charge is 0.497 e. The lowest BCUT2D eigenvalue weighted by molar-refractivity contribution is 0.415. The summed E-state index contributed by atoms with van der Waals surface area (Å²) >= 11 is 5.26. The number of halogens is 1. The number of benzene rings is 3. The van der Waals surface area contributed by atoms with Crippen LogP contribution in [0.1, 0.15) is 5.56 Å². The number of azo groups is 1. The molecule has 0 radical (unpaired) electrons. The molecule has 8 heteroatoms. The highest BCUT2D eigenvalue weighted by Gasteiger charge is 2.17. The molecule has 4 rings (SSSR count). The van der Waals surface area contributed by atoms with Gasteiger partial charge in [-0.25, -0.2) is 4.39 Å². The van der Waals surface area contributed by atoms with Gasteiger partial charge in [0.15, 0.2) is 5.69 Å². The number of nitrogens with one attached hydrogen (secondary N) is 1. The number of aromatic nitrogens is 1. The maximum Gasteiger partial charge on any atom is 0.221 e. The first-order valence-electron chi connectivity index (χ1n) is 9.47. The first kappa shape index (κ1) is 20.5. The maximum atomic E-state index is 14.2. The van der Waals surface area contributed by atoms with E-state index in [-0.39, 0.29) is 29.0 Å². The van der Waals surface area contributed by atoms with Crippen molar-refractivity contribution in [3.05, 3.63) is 84.2 Å². The van der Waals surface area contributed by atoms with Crippen LogP contribution in [0, 0.1) is 5.82 Å². The number of hydrogen-bond donors (Lipinski definition) is 2. The lowest BCUT2D eigenvalue weighted by Crippen LogP contribution is -2.04. The Labute approximate surface area is 183 Å². The number of rotatable bonds is 5. The highest BCUT2D eigenvalue weighted by Crippen LogP contribution is 2.39. The Balaban J connectivity index is 1.64. The Morgan fingerprint density at radius 2 is 1.87 bits per heavy atom. The molecule has 6 nitrogen and oxygen atoms in total. The monoisotopic (exact) mass is 434 g/mol. The fourth-order valence-electron chi connectivity index (χ4n) is 3.27. The van der Waals surface area contributed by atoms with Crippen molar-refractivity contribution in [1.29, 1.82) is 0 Å². The van der Waals surface area contributed by atoms with Crippen molar-refractivity contribution in [2.45, 2.75) is 6.54 Å². The van der Waals surface area contributed by atoms with Gasteiger partial charge in [-0.05, 0) is 36.5 Å². The van der Waals surface area contributed by atoms with E-state index < -0.39 is 0 Å². The normalized spacial score (nSPS) is 11.2. The Bertz CT molecular complexity index is 1290. The highest BCUT2D eigenvalue weighted by molar-refractivity contribution is 7.80. The highest BCUT2D eigenvalue weighted by atomic mass is 32.1. The molecule has 0 saturated carbocycles. The third kappa shape index (κ3) is 4.39. The van der Waals surface area contributed by atoms with Gasteiger partial charge < -0.3 is 19.7 Å². The van der Waals surface area contributed by atoms with Crippen molar-refractivity contribution < 1.29 is 14.2 Å². The van der Waals surface area contributed by atoms with Gasteiger partial charge >= 0.3 is 0 Å². The Hall–Kier alpha value is -3.78. The Morgan fingerprint density at radius 1 is 1.10 bits per heavy atom. The molecule has 156 valence electrons. The van der Waals surface area contributed by atoms with E-state index in [4.69, 9.17) is 17.0 Å². The Morgan fingerprint density at radius 3 is 2.68 bits per heavy atom. The van der Waals surface area contributed by atoms with Gasteiger partial charge in [0, 0.05) is 22.7 Å². The molecule has 0 aliphatic heterocycles. The van der Waals surface area contributed by atoms with Crippen LogP contribution in [0.5, 0.6) is 11.6 Å². The minimum Gasteiger partial charge on any atom is -0.497 e. The topological polar surface area (TPSA) is 71.1 Å².